The first-order valence-electron chi connectivity index (χ1n) is 8.98. The van der Waals surface area contributed by atoms with Crippen LogP contribution < -0.4 is 10.1 Å². The molecule has 1 saturated heterocycles. The van der Waals surface area contributed by atoms with Gasteiger partial charge in [-0.2, -0.15) is 0 Å². The second-order valence-electron chi connectivity index (χ2n) is 7.27. The highest BCUT2D eigenvalue weighted by molar-refractivity contribution is 6.30. The number of hydrogen-bond donors (Lipinski definition) is 2. The molecule has 0 aliphatic carbocycles. The SMILES string of the molecule is Cc1cc(C)cc(OC[C@@H](O)CN2C(=O)N[C@](C)(c3ccc(Cl)cc3)C2=O)c1. The van der Waals surface area contributed by atoms with Gasteiger partial charge >= 0.3 is 6.03 Å². The zero-order chi connectivity index (χ0) is 20.5. The van der Waals surface area contributed by atoms with Crippen molar-refractivity contribution in [1.29, 1.82) is 0 Å². The van der Waals surface area contributed by atoms with Crippen LogP contribution in [-0.4, -0.2) is 41.2 Å². The highest BCUT2D eigenvalue weighted by Gasteiger charge is 2.49. The van der Waals surface area contributed by atoms with Crippen molar-refractivity contribution in [2.75, 3.05) is 13.2 Å². The number of imide groups is 1. The largest absolute Gasteiger partial charge is 0.491 e. The van der Waals surface area contributed by atoms with E-state index in [-0.39, 0.29) is 13.2 Å². The van der Waals surface area contributed by atoms with E-state index in [0.717, 1.165) is 16.0 Å². The van der Waals surface area contributed by atoms with E-state index in [1.165, 1.54) is 0 Å². The van der Waals surface area contributed by atoms with E-state index in [1.54, 1.807) is 31.2 Å². The quantitative estimate of drug-likeness (QED) is 0.727. The summed E-state index contributed by atoms with van der Waals surface area (Å²) in [4.78, 5) is 26.3. The fourth-order valence-corrected chi connectivity index (χ4v) is 3.44. The minimum atomic E-state index is -1.20. The molecule has 6 nitrogen and oxygen atoms in total. The van der Waals surface area contributed by atoms with Crippen LogP contribution in [0.25, 0.3) is 0 Å². The van der Waals surface area contributed by atoms with E-state index in [9.17, 15) is 14.7 Å². The lowest BCUT2D eigenvalue weighted by Gasteiger charge is -2.23. The van der Waals surface area contributed by atoms with Gasteiger partial charge in [-0.1, -0.05) is 29.8 Å². The number of carbonyl (C=O) groups is 2. The van der Waals surface area contributed by atoms with Crippen LogP contribution in [-0.2, 0) is 10.3 Å². The summed E-state index contributed by atoms with van der Waals surface area (Å²) in [7, 11) is 0. The van der Waals surface area contributed by atoms with Gasteiger partial charge in [0.2, 0.25) is 0 Å². The number of urea groups is 1. The van der Waals surface area contributed by atoms with Gasteiger partial charge in [-0.3, -0.25) is 9.69 Å². The van der Waals surface area contributed by atoms with Gasteiger partial charge in [-0.05, 0) is 61.7 Å². The molecule has 3 amide bonds. The first kappa shape index (κ1) is 20.2. The average Bonchev–Trinajstić information content (AvgIpc) is 2.84. The van der Waals surface area contributed by atoms with Gasteiger partial charge in [0.05, 0.1) is 6.54 Å². The lowest BCUT2D eigenvalue weighted by Crippen LogP contribution is -2.42. The fraction of sp³-hybridized carbons (Fsp3) is 0.333. The maximum atomic E-state index is 12.9. The van der Waals surface area contributed by atoms with Crippen molar-refractivity contribution in [3.05, 3.63) is 64.2 Å². The fourth-order valence-electron chi connectivity index (χ4n) is 3.31. The summed E-state index contributed by atoms with van der Waals surface area (Å²) in [5, 5.41) is 13.5. The Hall–Kier alpha value is -2.57. The molecule has 1 fully saturated rings. The minimum absolute atomic E-state index is 0.0301. The number of aliphatic hydroxyl groups excluding tert-OH is 1. The van der Waals surface area contributed by atoms with Crippen molar-refractivity contribution in [3.63, 3.8) is 0 Å². The summed E-state index contributed by atoms with van der Waals surface area (Å²) >= 11 is 5.90. The van der Waals surface area contributed by atoms with E-state index < -0.39 is 23.6 Å². The van der Waals surface area contributed by atoms with E-state index in [2.05, 4.69) is 5.32 Å². The molecule has 7 heteroatoms. The number of amides is 3. The smallest absolute Gasteiger partial charge is 0.325 e. The van der Waals surface area contributed by atoms with Crippen molar-refractivity contribution >= 4 is 23.5 Å². The van der Waals surface area contributed by atoms with Gasteiger partial charge in [0, 0.05) is 5.02 Å². The predicted molar refractivity (Wildman–Crippen MR) is 106 cm³/mol. The summed E-state index contributed by atoms with van der Waals surface area (Å²) in [5.74, 6) is 0.213. The van der Waals surface area contributed by atoms with Crippen LogP contribution in [0.2, 0.25) is 5.02 Å². The molecule has 0 bridgehead atoms. The first-order chi connectivity index (χ1) is 13.2. The number of nitrogens with one attached hydrogen (secondary N) is 1. The van der Waals surface area contributed by atoms with Crippen molar-refractivity contribution in [1.82, 2.24) is 10.2 Å². The molecule has 2 aromatic rings. The number of nitrogens with zero attached hydrogens (tertiary/aromatic N) is 1. The third-order valence-electron chi connectivity index (χ3n) is 4.73. The molecule has 148 valence electrons. The van der Waals surface area contributed by atoms with Crippen molar-refractivity contribution in [3.8, 4) is 5.75 Å². The molecule has 28 heavy (non-hydrogen) atoms. The van der Waals surface area contributed by atoms with Crippen molar-refractivity contribution in [2.24, 2.45) is 0 Å². The van der Waals surface area contributed by atoms with Gasteiger partial charge in [0.15, 0.2) is 0 Å². The summed E-state index contributed by atoms with van der Waals surface area (Å²) in [5.41, 5.74) is 1.53. The molecule has 0 radical (unpaired) electrons. The lowest BCUT2D eigenvalue weighted by atomic mass is 9.92. The summed E-state index contributed by atoms with van der Waals surface area (Å²) < 4.78 is 5.63. The molecule has 1 aliphatic heterocycles. The Bertz CT molecular complexity index is 880. The molecular formula is C21H23ClN2O4. The number of ether oxygens (including phenoxy) is 1. The third-order valence-corrected chi connectivity index (χ3v) is 4.98. The average molecular weight is 403 g/mol. The lowest BCUT2D eigenvalue weighted by molar-refractivity contribution is -0.132. The standard InChI is InChI=1S/C21H23ClN2O4/c1-13-8-14(2)10-18(9-13)28-12-17(25)11-24-19(26)21(3,23-20(24)27)15-4-6-16(22)7-5-15/h4-10,17,25H,11-12H2,1-3H3,(H,23,27)/t17-,21+/m0/s1. The molecular weight excluding hydrogens is 380 g/mol. The van der Waals surface area contributed by atoms with Crippen LogP contribution in [0.4, 0.5) is 4.79 Å². The Morgan fingerprint density at radius 1 is 1.14 bits per heavy atom. The molecule has 2 N–H and O–H groups in total. The normalized spacial score (nSPS) is 20.2. The molecule has 2 aromatic carbocycles. The molecule has 3 rings (SSSR count). The Balaban J connectivity index is 1.65. The number of benzene rings is 2. The number of hydrogen-bond acceptors (Lipinski definition) is 4. The van der Waals surface area contributed by atoms with E-state index in [1.807, 2.05) is 32.0 Å². The molecule has 1 aliphatic rings. The highest BCUT2D eigenvalue weighted by atomic mass is 35.5. The van der Waals surface area contributed by atoms with E-state index in [0.29, 0.717) is 16.3 Å². The number of aryl methyl sites for hydroxylation is 2. The van der Waals surface area contributed by atoms with Crippen LogP contribution in [0.5, 0.6) is 5.75 Å². The molecule has 2 atom stereocenters. The molecule has 0 saturated carbocycles. The highest BCUT2D eigenvalue weighted by Crippen LogP contribution is 2.29. The first-order valence-corrected chi connectivity index (χ1v) is 9.36. The molecule has 0 aromatic heterocycles. The van der Waals surface area contributed by atoms with Gasteiger partial charge in [0.25, 0.3) is 5.91 Å². The van der Waals surface area contributed by atoms with Crippen LogP contribution in [0.1, 0.15) is 23.6 Å². The summed E-state index contributed by atoms with van der Waals surface area (Å²) in [6.07, 6.45) is -1.01. The molecule has 0 spiro atoms. The van der Waals surface area contributed by atoms with E-state index >= 15 is 0 Å². The van der Waals surface area contributed by atoms with Gasteiger partial charge in [-0.25, -0.2) is 4.79 Å². The van der Waals surface area contributed by atoms with Gasteiger partial charge in [-0.15, -0.1) is 0 Å². The maximum absolute atomic E-state index is 12.9. The zero-order valence-corrected chi connectivity index (χ0v) is 16.8. The number of carbonyl (C=O) groups excluding carboxylic acids is 2. The number of rotatable bonds is 6. The topological polar surface area (TPSA) is 78.9 Å². The summed E-state index contributed by atoms with van der Waals surface area (Å²) in [6, 6.07) is 11.9. The maximum Gasteiger partial charge on any atom is 0.325 e. The van der Waals surface area contributed by atoms with Crippen molar-refractivity contribution < 1.29 is 19.4 Å². The van der Waals surface area contributed by atoms with Gasteiger partial charge < -0.3 is 15.2 Å². The second kappa shape index (κ2) is 7.81. The van der Waals surface area contributed by atoms with Gasteiger partial charge in [0.1, 0.15) is 24.0 Å². The Labute approximate surface area is 169 Å². The third kappa shape index (κ3) is 4.13. The summed E-state index contributed by atoms with van der Waals surface area (Å²) in [6.45, 7) is 5.37. The van der Waals surface area contributed by atoms with Crippen molar-refractivity contribution in [2.45, 2.75) is 32.4 Å². The zero-order valence-electron chi connectivity index (χ0n) is 16.0. The Kier molecular flexibility index (Phi) is 5.63. The second-order valence-corrected chi connectivity index (χ2v) is 7.70. The van der Waals surface area contributed by atoms with Crippen LogP contribution in [0.3, 0.4) is 0 Å². The number of β-amino-alcohol motifs (C(OH)–C–C–N with tert-alkyl or cyclic N) is 1. The number of aliphatic hydroxyl groups is 1. The monoisotopic (exact) mass is 402 g/mol. The Morgan fingerprint density at radius 3 is 2.36 bits per heavy atom. The van der Waals surface area contributed by atoms with Crippen LogP contribution in [0.15, 0.2) is 42.5 Å². The molecule has 1 heterocycles. The van der Waals surface area contributed by atoms with Crippen LogP contribution in [0, 0.1) is 13.8 Å². The van der Waals surface area contributed by atoms with E-state index in [4.69, 9.17) is 16.3 Å². The van der Waals surface area contributed by atoms with Crippen LogP contribution >= 0.6 is 11.6 Å². The predicted octanol–water partition coefficient (Wildman–Crippen LogP) is 3.16. The minimum Gasteiger partial charge on any atom is -0.491 e. The Morgan fingerprint density at radius 2 is 1.75 bits per heavy atom. The molecule has 0 unspecified atom stereocenters. The number of halogens is 1.